The summed E-state index contributed by atoms with van der Waals surface area (Å²) >= 11 is 5.91. The highest BCUT2D eigenvalue weighted by Crippen LogP contribution is 2.39. The van der Waals surface area contributed by atoms with E-state index in [1.54, 1.807) is 0 Å². The van der Waals surface area contributed by atoms with Crippen LogP contribution in [0.15, 0.2) is 52.3 Å². The Morgan fingerprint density at radius 1 is 1.03 bits per heavy atom. The van der Waals surface area contributed by atoms with Crippen LogP contribution in [-0.4, -0.2) is 58.1 Å². The van der Waals surface area contributed by atoms with Crippen molar-refractivity contribution < 1.29 is 39.5 Å². The van der Waals surface area contributed by atoms with Gasteiger partial charge in [0, 0.05) is 24.4 Å². The monoisotopic (exact) mass is 567 g/mol. The van der Waals surface area contributed by atoms with Crippen molar-refractivity contribution in [2.45, 2.75) is 47.6 Å². The van der Waals surface area contributed by atoms with Crippen LogP contribution in [0.25, 0.3) is 0 Å². The van der Waals surface area contributed by atoms with Gasteiger partial charge >= 0.3 is 6.36 Å². The number of alkyl halides is 3. The number of benzene rings is 2. The standard InChI is InChI=1S/C23H25ClF3NO6S2/c1-22(2,36(32,33)18-6-4-5-17(14-18)34-23(25,26)27)15-9-11-28(12-10-15)21(29)19-8-7-16(24)13-20(19)35(3,30)31/h4-8,13-15H,9-12H2,1-3H3. The van der Waals surface area contributed by atoms with Crippen molar-refractivity contribution in [2.24, 2.45) is 5.92 Å². The van der Waals surface area contributed by atoms with Gasteiger partial charge in [-0.2, -0.15) is 0 Å². The topological polar surface area (TPSA) is 97.8 Å². The largest absolute Gasteiger partial charge is 0.573 e. The lowest BCUT2D eigenvalue weighted by molar-refractivity contribution is -0.274. The number of sulfone groups is 2. The fourth-order valence-electron chi connectivity index (χ4n) is 4.29. The van der Waals surface area contributed by atoms with Gasteiger partial charge in [0.25, 0.3) is 5.91 Å². The third kappa shape index (κ3) is 5.97. The molecule has 2 aromatic rings. The van der Waals surface area contributed by atoms with Crippen LogP contribution in [-0.2, 0) is 19.7 Å². The quantitative estimate of drug-likeness (QED) is 0.500. The second-order valence-corrected chi connectivity index (χ2v) is 14.1. The molecule has 1 aliphatic heterocycles. The molecule has 0 spiro atoms. The minimum atomic E-state index is -4.96. The molecular weight excluding hydrogens is 543 g/mol. The van der Waals surface area contributed by atoms with Crippen molar-refractivity contribution in [3.63, 3.8) is 0 Å². The van der Waals surface area contributed by atoms with Crippen molar-refractivity contribution in [2.75, 3.05) is 19.3 Å². The molecule has 1 heterocycles. The summed E-state index contributed by atoms with van der Waals surface area (Å²) in [5.74, 6) is -1.56. The lowest BCUT2D eigenvalue weighted by atomic mass is 9.85. The summed E-state index contributed by atoms with van der Waals surface area (Å²) in [4.78, 5) is 14.1. The first-order chi connectivity index (χ1) is 16.4. The smallest absolute Gasteiger partial charge is 0.406 e. The van der Waals surface area contributed by atoms with Crippen LogP contribution in [0.2, 0.25) is 5.02 Å². The first kappa shape index (κ1) is 28.3. The molecule has 0 aromatic heterocycles. The van der Waals surface area contributed by atoms with E-state index in [0.29, 0.717) is 12.8 Å². The van der Waals surface area contributed by atoms with Crippen molar-refractivity contribution >= 4 is 37.2 Å². The summed E-state index contributed by atoms with van der Waals surface area (Å²) in [6.07, 6.45) is -3.40. The highest BCUT2D eigenvalue weighted by molar-refractivity contribution is 7.92. The maximum absolute atomic E-state index is 13.4. The number of hydrogen-bond donors (Lipinski definition) is 0. The van der Waals surface area contributed by atoms with E-state index in [0.717, 1.165) is 18.4 Å². The normalized spacial score (nSPS) is 16.1. The summed E-state index contributed by atoms with van der Waals surface area (Å²) in [7, 11) is -7.81. The first-order valence-electron chi connectivity index (χ1n) is 10.8. The molecule has 0 atom stereocenters. The second kappa shape index (κ2) is 9.86. The number of carbonyl (C=O) groups excluding carboxylic acids is 1. The van der Waals surface area contributed by atoms with Crippen molar-refractivity contribution in [1.82, 2.24) is 4.90 Å². The highest BCUT2D eigenvalue weighted by Gasteiger charge is 2.44. The fourth-order valence-corrected chi connectivity index (χ4v) is 7.23. The molecule has 1 saturated heterocycles. The molecule has 1 fully saturated rings. The van der Waals surface area contributed by atoms with Crippen LogP contribution in [0.3, 0.4) is 0 Å². The number of ether oxygens (including phenoxy) is 1. The summed E-state index contributed by atoms with van der Waals surface area (Å²) in [5, 5.41) is 0.169. The van der Waals surface area contributed by atoms with E-state index in [-0.39, 0.29) is 33.5 Å². The van der Waals surface area contributed by atoms with Gasteiger partial charge in [0.2, 0.25) is 0 Å². The van der Waals surface area contributed by atoms with Crippen LogP contribution < -0.4 is 4.74 Å². The highest BCUT2D eigenvalue weighted by atomic mass is 35.5. The molecule has 13 heteroatoms. The summed E-state index contributed by atoms with van der Waals surface area (Å²) in [6.45, 7) is 3.35. The van der Waals surface area contributed by atoms with Gasteiger partial charge in [-0.15, -0.1) is 13.2 Å². The minimum absolute atomic E-state index is 0.0197. The Labute approximate surface area is 213 Å². The van der Waals surface area contributed by atoms with Crippen molar-refractivity contribution in [3.8, 4) is 5.75 Å². The Morgan fingerprint density at radius 2 is 1.64 bits per heavy atom. The zero-order valence-electron chi connectivity index (χ0n) is 19.7. The molecule has 36 heavy (non-hydrogen) atoms. The average molecular weight is 568 g/mol. The zero-order chi connectivity index (χ0) is 27.1. The van der Waals surface area contributed by atoms with Crippen LogP contribution >= 0.6 is 11.6 Å². The van der Waals surface area contributed by atoms with Gasteiger partial charge in [-0.3, -0.25) is 4.79 Å². The molecule has 198 valence electrons. The van der Waals surface area contributed by atoms with E-state index in [9.17, 15) is 34.8 Å². The Morgan fingerprint density at radius 3 is 2.19 bits per heavy atom. The lowest BCUT2D eigenvalue weighted by Crippen LogP contribution is -2.47. The molecule has 0 unspecified atom stereocenters. The van der Waals surface area contributed by atoms with E-state index >= 15 is 0 Å². The molecule has 0 saturated carbocycles. The number of piperidine rings is 1. The Kier molecular flexibility index (Phi) is 7.74. The lowest BCUT2D eigenvalue weighted by Gasteiger charge is -2.40. The van der Waals surface area contributed by atoms with Gasteiger partial charge in [0.15, 0.2) is 19.7 Å². The maximum atomic E-state index is 13.4. The minimum Gasteiger partial charge on any atom is -0.406 e. The van der Waals surface area contributed by atoms with Gasteiger partial charge in [0.1, 0.15) is 5.75 Å². The third-order valence-corrected chi connectivity index (χ3v) is 10.3. The van der Waals surface area contributed by atoms with E-state index in [4.69, 9.17) is 11.6 Å². The Balaban J connectivity index is 1.79. The molecule has 3 rings (SSSR count). The predicted molar refractivity (Wildman–Crippen MR) is 128 cm³/mol. The van der Waals surface area contributed by atoms with Gasteiger partial charge in [-0.1, -0.05) is 17.7 Å². The molecule has 0 radical (unpaired) electrons. The number of amides is 1. The molecule has 2 aromatic carbocycles. The van der Waals surface area contributed by atoms with Crippen molar-refractivity contribution in [1.29, 1.82) is 0 Å². The molecule has 0 aliphatic carbocycles. The number of nitrogens with zero attached hydrogens (tertiary/aromatic N) is 1. The van der Waals surface area contributed by atoms with Gasteiger partial charge in [-0.25, -0.2) is 16.8 Å². The van der Waals surface area contributed by atoms with E-state index in [1.165, 1.54) is 49.1 Å². The molecular formula is C23H25ClF3NO6S2. The fraction of sp³-hybridized carbons (Fsp3) is 0.435. The van der Waals surface area contributed by atoms with E-state index in [1.807, 2.05) is 0 Å². The number of hydrogen-bond acceptors (Lipinski definition) is 6. The first-order valence-corrected chi connectivity index (χ1v) is 14.6. The van der Waals surface area contributed by atoms with Crippen molar-refractivity contribution in [3.05, 3.63) is 53.1 Å². The van der Waals surface area contributed by atoms with Crippen LogP contribution in [0, 0.1) is 5.92 Å². The molecule has 1 amide bonds. The summed E-state index contributed by atoms with van der Waals surface area (Å²) < 4.78 is 91.4. The number of halogens is 4. The summed E-state index contributed by atoms with van der Waals surface area (Å²) in [5.41, 5.74) is -0.0197. The van der Waals surface area contributed by atoms with Gasteiger partial charge in [-0.05, 0) is 69.0 Å². The van der Waals surface area contributed by atoms with Gasteiger partial charge < -0.3 is 9.64 Å². The predicted octanol–water partition coefficient (Wildman–Crippen LogP) is 4.75. The van der Waals surface area contributed by atoms with Crippen LogP contribution in [0.5, 0.6) is 5.75 Å². The summed E-state index contributed by atoms with van der Waals surface area (Å²) in [6, 6.07) is 8.23. The van der Waals surface area contributed by atoms with Crippen LogP contribution in [0.4, 0.5) is 13.2 Å². The number of rotatable bonds is 6. The SMILES string of the molecule is CC(C)(C1CCN(C(=O)c2ccc(Cl)cc2S(C)(=O)=O)CC1)S(=O)(=O)c1cccc(OC(F)(F)F)c1. The number of carbonyl (C=O) groups is 1. The maximum Gasteiger partial charge on any atom is 0.573 e. The second-order valence-electron chi connectivity index (χ2n) is 9.11. The van der Waals surface area contributed by atoms with E-state index < -0.39 is 48.4 Å². The average Bonchev–Trinajstić information content (AvgIpc) is 2.77. The van der Waals surface area contributed by atoms with E-state index in [2.05, 4.69) is 4.74 Å². The molecule has 0 N–H and O–H groups in total. The molecule has 7 nitrogen and oxygen atoms in total. The Bertz CT molecular complexity index is 1370. The molecule has 0 bridgehead atoms. The number of likely N-dealkylation sites (tertiary alicyclic amines) is 1. The molecule has 1 aliphatic rings. The zero-order valence-corrected chi connectivity index (χ0v) is 22.1. The van der Waals surface area contributed by atoms with Gasteiger partial charge in [0.05, 0.1) is 20.1 Å². The Hall–Kier alpha value is -2.31. The van der Waals surface area contributed by atoms with Crippen LogP contribution in [0.1, 0.15) is 37.0 Å². The third-order valence-electron chi connectivity index (χ3n) is 6.38.